The van der Waals surface area contributed by atoms with Crippen molar-refractivity contribution in [3.8, 4) is 0 Å². The minimum Gasteiger partial charge on any atom is -0.310 e. The summed E-state index contributed by atoms with van der Waals surface area (Å²) in [6.07, 6.45) is 3.09. The van der Waals surface area contributed by atoms with Crippen molar-refractivity contribution in [2.45, 2.75) is 24.8 Å². The van der Waals surface area contributed by atoms with Gasteiger partial charge in [0.25, 0.3) is 10.0 Å². The molecule has 1 atom stereocenters. The van der Waals surface area contributed by atoms with Gasteiger partial charge in [-0.05, 0) is 31.2 Å². The van der Waals surface area contributed by atoms with Gasteiger partial charge in [-0.1, -0.05) is 19.1 Å². The summed E-state index contributed by atoms with van der Waals surface area (Å²) in [4.78, 5) is 0.244. The molecular formula is C14H20N4O2S. The molecule has 0 bridgehead atoms. The van der Waals surface area contributed by atoms with Crippen molar-refractivity contribution >= 4 is 15.7 Å². The van der Waals surface area contributed by atoms with Crippen LogP contribution in [0.15, 0.2) is 41.6 Å². The van der Waals surface area contributed by atoms with Crippen LogP contribution in [0, 0.1) is 0 Å². The third kappa shape index (κ3) is 3.83. The zero-order chi connectivity index (χ0) is 15.5. The molecule has 7 heteroatoms. The standard InChI is InChI=1S/C14H20N4O2S/c1-4-15-11(2)12-6-5-7-14(8-12)21(19,20)17-13-9-16-18(3)10-13/h5-11,15,17H,4H2,1-3H3. The highest BCUT2D eigenvalue weighted by Crippen LogP contribution is 2.19. The molecule has 0 spiro atoms. The van der Waals surface area contributed by atoms with Crippen molar-refractivity contribution in [1.82, 2.24) is 15.1 Å². The number of aryl methyl sites for hydroxylation is 1. The predicted molar refractivity (Wildman–Crippen MR) is 82.6 cm³/mol. The van der Waals surface area contributed by atoms with Gasteiger partial charge in [0.05, 0.1) is 16.8 Å². The lowest BCUT2D eigenvalue weighted by atomic mass is 10.1. The lowest BCUT2D eigenvalue weighted by molar-refractivity contribution is 0.592. The fourth-order valence-electron chi connectivity index (χ4n) is 2.06. The Hall–Kier alpha value is -1.86. The molecule has 1 heterocycles. The van der Waals surface area contributed by atoms with Crippen LogP contribution in [0.4, 0.5) is 5.69 Å². The summed E-state index contributed by atoms with van der Waals surface area (Å²) in [5.41, 5.74) is 1.38. The summed E-state index contributed by atoms with van der Waals surface area (Å²) in [7, 11) is -1.87. The number of nitrogens with one attached hydrogen (secondary N) is 2. The van der Waals surface area contributed by atoms with Crippen LogP contribution in [0.2, 0.25) is 0 Å². The summed E-state index contributed by atoms with van der Waals surface area (Å²) >= 11 is 0. The van der Waals surface area contributed by atoms with E-state index in [-0.39, 0.29) is 10.9 Å². The van der Waals surface area contributed by atoms with Gasteiger partial charge in [-0.3, -0.25) is 9.40 Å². The molecule has 2 N–H and O–H groups in total. The van der Waals surface area contributed by atoms with Crippen LogP contribution >= 0.6 is 0 Å². The van der Waals surface area contributed by atoms with E-state index in [1.807, 2.05) is 19.9 Å². The molecule has 0 saturated heterocycles. The second-order valence-electron chi connectivity index (χ2n) is 4.86. The Morgan fingerprint density at radius 3 is 2.76 bits per heavy atom. The van der Waals surface area contributed by atoms with Gasteiger partial charge in [-0.15, -0.1) is 0 Å². The molecule has 0 amide bonds. The Labute approximate surface area is 125 Å². The Morgan fingerprint density at radius 2 is 2.14 bits per heavy atom. The van der Waals surface area contributed by atoms with Gasteiger partial charge in [0.15, 0.2) is 0 Å². The van der Waals surface area contributed by atoms with E-state index < -0.39 is 10.0 Å². The second kappa shape index (κ2) is 6.28. The SMILES string of the molecule is CCNC(C)c1cccc(S(=O)(=O)Nc2cnn(C)c2)c1. The van der Waals surface area contributed by atoms with E-state index in [1.165, 1.54) is 6.20 Å². The van der Waals surface area contributed by atoms with E-state index >= 15 is 0 Å². The molecule has 1 aromatic carbocycles. The molecule has 1 aromatic heterocycles. The van der Waals surface area contributed by atoms with Crippen LogP contribution in [0.1, 0.15) is 25.5 Å². The van der Waals surface area contributed by atoms with Crippen LogP contribution in [0.25, 0.3) is 0 Å². The van der Waals surface area contributed by atoms with Crippen molar-refractivity contribution in [2.24, 2.45) is 7.05 Å². The van der Waals surface area contributed by atoms with Gasteiger partial charge in [-0.2, -0.15) is 5.10 Å². The Bertz CT molecular complexity index is 709. The largest absolute Gasteiger partial charge is 0.310 e. The zero-order valence-corrected chi connectivity index (χ0v) is 13.2. The van der Waals surface area contributed by atoms with Crippen molar-refractivity contribution in [1.29, 1.82) is 0 Å². The fourth-order valence-corrected chi connectivity index (χ4v) is 3.15. The fraction of sp³-hybridized carbons (Fsp3) is 0.357. The number of rotatable bonds is 6. The summed E-state index contributed by atoms with van der Waals surface area (Å²) in [5.74, 6) is 0. The van der Waals surface area contributed by atoms with Gasteiger partial charge in [-0.25, -0.2) is 8.42 Å². The highest BCUT2D eigenvalue weighted by molar-refractivity contribution is 7.92. The van der Waals surface area contributed by atoms with Gasteiger partial charge in [0.2, 0.25) is 0 Å². The first-order valence-corrected chi connectivity index (χ1v) is 8.25. The summed E-state index contributed by atoms with van der Waals surface area (Å²) < 4.78 is 28.8. The van der Waals surface area contributed by atoms with Crippen LogP contribution in [0.3, 0.4) is 0 Å². The lowest BCUT2D eigenvalue weighted by Gasteiger charge is -2.14. The van der Waals surface area contributed by atoms with Gasteiger partial charge >= 0.3 is 0 Å². The van der Waals surface area contributed by atoms with Crippen LogP contribution in [-0.2, 0) is 17.1 Å². The topological polar surface area (TPSA) is 76.0 Å². The Balaban J connectivity index is 2.25. The number of benzene rings is 1. The molecule has 2 rings (SSSR count). The highest BCUT2D eigenvalue weighted by Gasteiger charge is 2.16. The monoisotopic (exact) mass is 308 g/mol. The summed E-state index contributed by atoms with van der Waals surface area (Å²) in [6.45, 7) is 4.84. The summed E-state index contributed by atoms with van der Waals surface area (Å²) in [5, 5.41) is 7.21. The number of aromatic nitrogens is 2. The first kappa shape index (κ1) is 15.5. The van der Waals surface area contributed by atoms with E-state index in [0.717, 1.165) is 12.1 Å². The average molecular weight is 308 g/mol. The van der Waals surface area contributed by atoms with Crippen LogP contribution in [0.5, 0.6) is 0 Å². The van der Waals surface area contributed by atoms with Gasteiger partial charge in [0.1, 0.15) is 0 Å². The molecule has 21 heavy (non-hydrogen) atoms. The van der Waals surface area contributed by atoms with Gasteiger partial charge in [0, 0.05) is 19.3 Å². The number of hydrogen-bond donors (Lipinski definition) is 2. The second-order valence-corrected chi connectivity index (χ2v) is 6.54. The molecule has 6 nitrogen and oxygen atoms in total. The molecule has 0 fully saturated rings. The molecule has 1 unspecified atom stereocenters. The number of sulfonamides is 1. The molecule has 0 aliphatic heterocycles. The van der Waals surface area contributed by atoms with Crippen molar-refractivity contribution in [3.63, 3.8) is 0 Å². The van der Waals surface area contributed by atoms with Crippen molar-refractivity contribution in [3.05, 3.63) is 42.2 Å². The van der Waals surface area contributed by atoms with E-state index in [2.05, 4.69) is 15.1 Å². The maximum Gasteiger partial charge on any atom is 0.262 e. The van der Waals surface area contributed by atoms with E-state index in [9.17, 15) is 8.42 Å². The van der Waals surface area contributed by atoms with E-state index in [1.54, 1.807) is 36.1 Å². The first-order chi connectivity index (χ1) is 9.92. The normalized spacial score (nSPS) is 13.1. The molecule has 114 valence electrons. The molecular weight excluding hydrogens is 288 g/mol. The third-order valence-corrected chi connectivity index (χ3v) is 4.51. The molecule has 0 aliphatic carbocycles. The average Bonchev–Trinajstić information content (AvgIpc) is 2.84. The maximum absolute atomic E-state index is 12.4. The van der Waals surface area contributed by atoms with E-state index in [0.29, 0.717) is 5.69 Å². The molecule has 2 aromatic rings. The van der Waals surface area contributed by atoms with E-state index in [4.69, 9.17) is 0 Å². The third-order valence-electron chi connectivity index (χ3n) is 3.14. The lowest BCUT2D eigenvalue weighted by Crippen LogP contribution is -2.18. The summed E-state index contributed by atoms with van der Waals surface area (Å²) in [6, 6.07) is 7.04. The molecule has 0 aliphatic rings. The minimum absolute atomic E-state index is 0.101. The predicted octanol–water partition coefficient (Wildman–Crippen LogP) is 1.89. The molecule has 0 saturated carbocycles. The zero-order valence-electron chi connectivity index (χ0n) is 12.4. The van der Waals surface area contributed by atoms with Crippen LogP contribution < -0.4 is 10.0 Å². The smallest absolute Gasteiger partial charge is 0.262 e. The highest BCUT2D eigenvalue weighted by atomic mass is 32.2. The first-order valence-electron chi connectivity index (χ1n) is 6.77. The molecule has 0 radical (unpaired) electrons. The van der Waals surface area contributed by atoms with Crippen molar-refractivity contribution < 1.29 is 8.42 Å². The van der Waals surface area contributed by atoms with Crippen molar-refractivity contribution in [2.75, 3.05) is 11.3 Å². The van der Waals surface area contributed by atoms with Crippen LogP contribution in [-0.4, -0.2) is 24.7 Å². The minimum atomic E-state index is -3.60. The van der Waals surface area contributed by atoms with Gasteiger partial charge < -0.3 is 5.32 Å². The Kier molecular flexibility index (Phi) is 4.64. The number of hydrogen-bond acceptors (Lipinski definition) is 4. The number of anilines is 1. The quantitative estimate of drug-likeness (QED) is 0.854. The Morgan fingerprint density at radius 1 is 1.38 bits per heavy atom. The number of nitrogens with zero attached hydrogens (tertiary/aromatic N) is 2. The maximum atomic E-state index is 12.4.